The van der Waals surface area contributed by atoms with E-state index < -0.39 is 6.61 Å². The van der Waals surface area contributed by atoms with Gasteiger partial charge in [0.05, 0.1) is 0 Å². The molecule has 9 heteroatoms. The number of aromatic nitrogens is 1. The molecule has 1 aliphatic rings. The van der Waals surface area contributed by atoms with Gasteiger partial charge in [0.25, 0.3) is 0 Å². The molecule has 0 unspecified atom stereocenters. The Morgan fingerprint density at radius 2 is 1.87 bits per heavy atom. The van der Waals surface area contributed by atoms with Gasteiger partial charge < -0.3 is 20.3 Å². The third kappa shape index (κ3) is 7.79. The summed E-state index contributed by atoms with van der Waals surface area (Å²) < 4.78 is 29.7. The largest absolute Gasteiger partial charge is 0.434 e. The van der Waals surface area contributed by atoms with Crippen molar-refractivity contribution >= 4 is 35.8 Å². The van der Waals surface area contributed by atoms with E-state index in [0.29, 0.717) is 24.6 Å². The summed E-state index contributed by atoms with van der Waals surface area (Å²) in [5.74, 6) is 2.53. The fourth-order valence-electron chi connectivity index (χ4n) is 3.39. The molecule has 0 aliphatic carbocycles. The molecule has 2 N–H and O–H groups in total. The number of halogens is 3. The molecule has 2 aromatic rings. The Morgan fingerprint density at radius 3 is 2.52 bits per heavy atom. The summed E-state index contributed by atoms with van der Waals surface area (Å²) in [5.41, 5.74) is 1.66. The number of nitrogens with one attached hydrogen (secondary N) is 2. The molecule has 1 aromatic carbocycles. The molecule has 0 bridgehead atoms. The van der Waals surface area contributed by atoms with Crippen LogP contribution in [0.3, 0.4) is 0 Å². The van der Waals surface area contributed by atoms with Crippen molar-refractivity contribution in [2.45, 2.75) is 39.5 Å². The van der Waals surface area contributed by atoms with E-state index in [1.54, 1.807) is 25.2 Å². The number of benzene rings is 1. The van der Waals surface area contributed by atoms with Gasteiger partial charge >= 0.3 is 6.61 Å². The van der Waals surface area contributed by atoms with Crippen molar-refractivity contribution in [1.82, 2.24) is 15.6 Å². The Morgan fingerprint density at radius 1 is 1.16 bits per heavy atom. The maximum Gasteiger partial charge on any atom is 0.387 e. The van der Waals surface area contributed by atoms with E-state index in [9.17, 15) is 8.78 Å². The standard InChI is InChI=1S/C22H29F2N5O.HI/c1-16-9-11-29(12-10-16)20-8-7-17(13-26-20)14-27-22(25-2)28-15-18-5-3-4-6-19(18)30-21(23)24;/h3-8,13,16,21H,9-12,14-15H2,1-2H3,(H2,25,27,28);1H. The van der Waals surface area contributed by atoms with Crippen molar-refractivity contribution in [3.05, 3.63) is 53.7 Å². The predicted molar refractivity (Wildman–Crippen MR) is 130 cm³/mol. The van der Waals surface area contributed by atoms with E-state index in [-0.39, 0.29) is 29.7 Å². The van der Waals surface area contributed by atoms with Crippen LogP contribution in [-0.2, 0) is 13.1 Å². The molecule has 1 saturated heterocycles. The molecule has 2 heterocycles. The van der Waals surface area contributed by atoms with Gasteiger partial charge in [-0.25, -0.2) is 4.98 Å². The Labute approximate surface area is 199 Å². The van der Waals surface area contributed by atoms with Crippen molar-refractivity contribution in [3.63, 3.8) is 0 Å². The summed E-state index contributed by atoms with van der Waals surface area (Å²) in [5, 5.41) is 6.34. The van der Waals surface area contributed by atoms with Crippen LogP contribution in [0.2, 0.25) is 0 Å². The first-order valence-corrected chi connectivity index (χ1v) is 10.2. The van der Waals surface area contributed by atoms with Crippen molar-refractivity contribution < 1.29 is 13.5 Å². The van der Waals surface area contributed by atoms with Crippen LogP contribution < -0.4 is 20.3 Å². The van der Waals surface area contributed by atoms with Crippen LogP contribution in [0, 0.1) is 5.92 Å². The Hall–Kier alpha value is -2.17. The maximum atomic E-state index is 12.6. The number of pyridine rings is 1. The van der Waals surface area contributed by atoms with Gasteiger partial charge in [0, 0.05) is 45.0 Å². The van der Waals surface area contributed by atoms with Gasteiger partial charge in [-0.3, -0.25) is 4.99 Å². The highest BCUT2D eigenvalue weighted by Gasteiger charge is 2.16. The number of hydrogen-bond donors (Lipinski definition) is 2. The number of nitrogens with zero attached hydrogens (tertiary/aromatic N) is 3. The predicted octanol–water partition coefficient (Wildman–Crippen LogP) is 4.40. The molecule has 3 rings (SSSR count). The zero-order valence-electron chi connectivity index (χ0n) is 17.9. The van der Waals surface area contributed by atoms with Crippen LogP contribution in [-0.4, -0.2) is 37.7 Å². The molecule has 6 nitrogen and oxygen atoms in total. The lowest BCUT2D eigenvalue weighted by molar-refractivity contribution is -0.0504. The molecule has 0 saturated carbocycles. The van der Waals surface area contributed by atoms with Gasteiger partial charge in [-0.2, -0.15) is 8.78 Å². The number of piperidine rings is 1. The third-order valence-corrected chi connectivity index (χ3v) is 5.24. The van der Waals surface area contributed by atoms with Gasteiger partial charge in [-0.05, 0) is 36.5 Å². The van der Waals surface area contributed by atoms with Crippen molar-refractivity contribution in [3.8, 4) is 5.75 Å². The topological polar surface area (TPSA) is 61.8 Å². The van der Waals surface area contributed by atoms with Crippen LogP contribution in [0.15, 0.2) is 47.6 Å². The maximum absolute atomic E-state index is 12.6. The minimum atomic E-state index is -2.85. The van der Waals surface area contributed by atoms with Gasteiger partial charge in [0.2, 0.25) is 0 Å². The van der Waals surface area contributed by atoms with E-state index in [0.717, 1.165) is 30.4 Å². The van der Waals surface area contributed by atoms with E-state index >= 15 is 0 Å². The number of hydrogen-bond acceptors (Lipinski definition) is 4. The number of ether oxygens (including phenoxy) is 1. The monoisotopic (exact) mass is 545 g/mol. The molecule has 0 radical (unpaired) electrons. The lowest BCUT2D eigenvalue weighted by atomic mass is 9.99. The Balaban J connectivity index is 0.00000341. The molecule has 0 amide bonds. The minimum absolute atomic E-state index is 0. The lowest BCUT2D eigenvalue weighted by Crippen LogP contribution is -2.36. The van der Waals surface area contributed by atoms with E-state index in [1.165, 1.54) is 18.9 Å². The first kappa shape index (κ1) is 25.1. The fraction of sp³-hybridized carbons (Fsp3) is 0.455. The molecule has 170 valence electrons. The average molecular weight is 545 g/mol. The number of aliphatic imine (C=N–C) groups is 1. The van der Waals surface area contributed by atoms with Crippen molar-refractivity contribution in [2.24, 2.45) is 10.9 Å². The number of para-hydroxylation sites is 1. The molecular formula is C22H30F2IN5O. The van der Waals surface area contributed by atoms with Gasteiger partial charge in [0.15, 0.2) is 5.96 Å². The van der Waals surface area contributed by atoms with Crippen LogP contribution in [0.5, 0.6) is 5.75 Å². The second-order valence-electron chi connectivity index (χ2n) is 7.46. The molecule has 0 spiro atoms. The van der Waals surface area contributed by atoms with Gasteiger partial charge in [-0.1, -0.05) is 31.2 Å². The summed E-state index contributed by atoms with van der Waals surface area (Å²) in [6.45, 7) is 2.42. The lowest BCUT2D eigenvalue weighted by Gasteiger charge is -2.31. The van der Waals surface area contributed by atoms with Gasteiger partial charge in [0.1, 0.15) is 11.6 Å². The zero-order valence-corrected chi connectivity index (χ0v) is 20.2. The van der Waals surface area contributed by atoms with Crippen LogP contribution in [0.25, 0.3) is 0 Å². The van der Waals surface area contributed by atoms with Crippen LogP contribution >= 0.6 is 24.0 Å². The number of anilines is 1. The van der Waals surface area contributed by atoms with E-state index in [4.69, 9.17) is 0 Å². The first-order valence-electron chi connectivity index (χ1n) is 10.2. The molecule has 1 fully saturated rings. The molecule has 31 heavy (non-hydrogen) atoms. The van der Waals surface area contributed by atoms with E-state index in [2.05, 4.69) is 49.3 Å². The summed E-state index contributed by atoms with van der Waals surface area (Å²) in [6.07, 6.45) is 4.29. The molecule has 1 aromatic heterocycles. The number of rotatable bonds is 7. The SMILES string of the molecule is CN=C(NCc1ccc(N2CCC(C)CC2)nc1)NCc1ccccc1OC(F)F.I. The second kappa shape index (κ2) is 12.6. The summed E-state index contributed by atoms with van der Waals surface area (Å²) >= 11 is 0. The number of guanidine groups is 1. The summed E-state index contributed by atoms with van der Waals surface area (Å²) in [4.78, 5) is 11.1. The highest BCUT2D eigenvalue weighted by molar-refractivity contribution is 14.0. The minimum Gasteiger partial charge on any atom is -0.434 e. The number of alkyl halides is 2. The van der Waals surface area contributed by atoms with Crippen LogP contribution in [0.1, 0.15) is 30.9 Å². The smallest absolute Gasteiger partial charge is 0.387 e. The summed E-state index contributed by atoms with van der Waals surface area (Å²) in [6, 6.07) is 10.8. The molecule has 0 atom stereocenters. The quantitative estimate of drug-likeness (QED) is 0.307. The fourth-order valence-corrected chi connectivity index (χ4v) is 3.39. The highest BCUT2D eigenvalue weighted by Crippen LogP contribution is 2.21. The Kier molecular flexibility index (Phi) is 10.2. The van der Waals surface area contributed by atoms with Gasteiger partial charge in [-0.15, -0.1) is 24.0 Å². The highest BCUT2D eigenvalue weighted by atomic mass is 127. The zero-order chi connectivity index (χ0) is 21.3. The second-order valence-corrected chi connectivity index (χ2v) is 7.46. The molecular weight excluding hydrogens is 515 g/mol. The third-order valence-electron chi connectivity index (χ3n) is 5.24. The summed E-state index contributed by atoms with van der Waals surface area (Å²) in [7, 11) is 1.66. The Bertz CT molecular complexity index is 827. The van der Waals surface area contributed by atoms with E-state index in [1.807, 2.05) is 6.20 Å². The van der Waals surface area contributed by atoms with Crippen molar-refractivity contribution in [1.29, 1.82) is 0 Å². The van der Waals surface area contributed by atoms with Crippen LogP contribution in [0.4, 0.5) is 14.6 Å². The first-order chi connectivity index (χ1) is 14.5. The average Bonchev–Trinajstić information content (AvgIpc) is 2.75. The normalized spacial score (nSPS) is 14.9. The molecule has 1 aliphatic heterocycles. The van der Waals surface area contributed by atoms with Crippen molar-refractivity contribution in [2.75, 3.05) is 25.0 Å².